The molecule has 2 aromatic rings. The molecule has 8 nitrogen and oxygen atoms in total. The Hall–Kier alpha value is -2.60. The van der Waals surface area contributed by atoms with Gasteiger partial charge in [-0.05, 0) is 37.8 Å². The summed E-state index contributed by atoms with van der Waals surface area (Å²) in [4.78, 5) is 24.3. The van der Waals surface area contributed by atoms with Gasteiger partial charge < -0.3 is 15.4 Å². The van der Waals surface area contributed by atoms with Crippen molar-refractivity contribution in [3.05, 3.63) is 46.9 Å². The maximum atomic E-state index is 11.1. The Morgan fingerprint density at radius 2 is 1.84 bits per heavy atom. The number of benzene rings is 1. The third-order valence-corrected chi connectivity index (χ3v) is 6.37. The number of amides is 1. The molecule has 32 heavy (non-hydrogen) atoms. The molecule has 0 spiro atoms. The first kappa shape index (κ1) is 24.1. The number of hydrogen-bond acceptors (Lipinski definition) is 7. The van der Waals surface area contributed by atoms with Gasteiger partial charge in [0.15, 0.2) is 0 Å². The second-order valence-corrected chi connectivity index (χ2v) is 8.36. The largest absolute Gasteiger partial charge is 0.490 e. The van der Waals surface area contributed by atoms with Gasteiger partial charge in [-0.3, -0.25) is 9.69 Å². The minimum Gasteiger partial charge on any atom is -0.490 e. The Morgan fingerprint density at radius 3 is 2.41 bits per heavy atom. The zero-order valence-electron chi connectivity index (χ0n) is 17.6. The first-order valence-electron chi connectivity index (χ1n) is 10.5. The van der Waals surface area contributed by atoms with E-state index in [-0.39, 0.29) is 24.2 Å². The zero-order chi connectivity index (χ0) is 21.8. The highest BCUT2D eigenvalue weighted by Crippen LogP contribution is 2.29. The van der Waals surface area contributed by atoms with Crippen LogP contribution in [0.4, 0.5) is 5.82 Å². The Bertz CT molecular complexity index is 965. The van der Waals surface area contributed by atoms with Crippen molar-refractivity contribution in [3.8, 4) is 11.8 Å². The van der Waals surface area contributed by atoms with Crippen molar-refractivity contribution >= 4 is 35.7 Å². The number of carbonyl (C=O) groups excluding carboxylic acids is 1. The van der Waals surface area contributed by atoms with E-state index < -0.39 is 5.91 Å². The van der Waals surface area contributed by atoms with Crippen LogP contribution < -0.4 is 15.4 Å². The lowest BCUT2D eigenvalue weighted by Gasteiger charge is -2.42. The van der Waals surface area contributed by atoms with Crippen molar-refractivity contribution in [2.45, 2.75) is 37.8 Å². The van der Waals surface area contributed by atoms with E-state index in [0.717, 1.165) is 63.4 Å². The van der Waals surface area contributed by atoms with Gasteiger partial charge >= 0.3 is 0 Å². The summed E-state index contributed by atoms with van der Waals surface area (Å²) in [6, 6.07) is 7.87. The molecule has 1 saturated carbocycles. The number of piperazine rings is 1. The van der Waals surface area contributed by atoms with Crippen molar-refractivity contribution < 1.29 is 9.53 Å². The minimum atomic E-state index is -0.564. The van der Waals surface area contributed by atoms with Gasteiger partial charge in [-0.1, -0.05) is 11.6 Å². The lowest BCUT2D eigenvalue weighted by molar-refractivity contribution is 0.0845. The smallest absolute Gasteiger partial charge is 0.268 e. The number of aromatic nitrogens is 2. The number of nitrogens with two attached hydrogens (primary N) is 1. The molecule has 4 rings (SSSR count). The highest BCUT2D eigenvalue weighted by atomic mass is 35.5. The average Bonchev–Trinajstić information content (AvgIpc) is 2.80. The van der Waals surface area contributed by atoms with E-state index in [1.807, 2.05) is 6.07 Å². The van der Waals surface area contributed by atoms with E-state index in [2.05, 4.69) is 25.8 Å². The summed E-state index contributed by atoms with van der Waals surface area (Å²) >= 11 is 6.11. The van der Waals surface area contributed by atoms with Gasteiger partial charge in [0.1, 0.15) is 23.3 Å². The molecule has 10 heteroatoms. The number of rotatable bonds is 5. The topological polar surface area (TPSA) is 108 Å². The normalized spacial score (nSPS) is 21.3. The molecular formula is C22H26Cl2N6O2. The molecule has 0 radical (unpaired) electrons. The number of primary amides is 1. The van der Waals surface area contributed by atoms with E-state index in [0.29, 0.717) is 16.6 Å². The van der Waals surface area contributed by atoms with Gasteiger partial charge in [0.25, 0.3) is 5.91 Å². The minimum absolute atomic E-state index is 0. The third-order valence-electron chi connectivity index (χ3n) is 6.05. The Labute approximate surface area is 198 Å². The predicted octanol–water partition coefficient (Wildman–Crippen LogP) is 3.03. The van der Waals surface area contributed by atoms with Gasteiger partial charge in [0.05, 0.1) is 29.1 Å². The summed E-state index contributed by atoms with van der Waals surface area (Å²) in [7, 11) is 0. The molecule has 2 heterocycles. The summed E-state index contributed by atoms with van der Waals surface area (Å²) in [6.07, 6.45) is 7.44. The van der Waals surface area contributed by atoms with Crippen molar-refractivity contribution in [1.82, 2.24) is 14.9 Å². The van der Waals surface area contributed by atoms with Gasteiger partial charge in [-0.15, -0.1) is 12.4 Å². The monoisotopic (exact) mass is 476 g/mol. The van der Waals surface area contributed by atoms with E-state index in [4.69, 9.17) is 27.3 Å². The van der Waals surface area contributed by atoms with Crippen LogP contribution in [0.15, 0.2) is 30.6 Å². The predicted molar refractivity (Wildman–Crippen MR) is 124 cm³/mol. The summed E-state index contributed by atoms with van der Waals surface area (Å²) in [6.45, 7) is 3.71. The van der Waals surface area contributed by atoms with Gasteiger partial charge in [-0.2, -0.15) is 5.26 Å². The molecule has 1 aliphatic carbocycles. The highest BCUT2D eigenvalue weighted by Gasteiger charge is 2.29. The number of hydrogen-bond donors (Lipinski definition) is 1. The van der Waals surface area contributed by atoms with Crippen LogP contribution in [0.25, 0.3) is 0 Å². The van der Waals surface area contributed by atoms with Crippen LogP contribution in [0.2, 0.25) is 5.02 Å². The van der Waals surface area contributed by atoms with E-state index in [1.165, 1.54) is 6.20 Å². The lowest BCUT2D eigenvalue weighted by atomic mass is 9.91. The SMILES string of the molecule is Cl.N#Cc1ccc(OC2CCC(N3CCN(c4cnc(C(N)=O)cn4)CC3)CC2)cc1Cl. The summed E-state index contributed by atoms with van der Waals surface area (Å²) in [5, 5.41) is 9.42. The molecule has 2 N–H and O–H groups in total. The first-order chi connectivity index (χ1) is 15.0. The maximum absolute atomic E-state index is 11.1. The average molecular weight is 477 g/mol. The van der Waals surface area contributed by atoms with Crippen LogP contribution in [0, 0.1) is 11.3 Å². The second kappa shape index (κ2) is 10.8. The van der Waals surface area contributed by atoms with Crippen molar-refractivity contribution in [2.75, 3.05) is 31.1 Å². The molecule has 1 aliphatic heterocycles. The summed E-state index contributed by atoms with van der Waals surface area (Å²) in [5.41, 5.74) is 5.88. The number of anilines is 1. The van der Waals surface area contributed by atoms with Crippen LogP contribution in [-0.2, 0) is 0 Å². The molecule has 0 unspecified atom stereocenters. The van der Waals surface area contributed by atoms with Crippen LogP contribution >= 0.6 is 24.0 Å². The van der Waals surface area contributed by atoms with E-state index in [9.17, 15) is 4.79 Å². The standard InChI is InChI=1S/C22H25ClN6O2.ClH/c23-19-11-18(4-1-15(19)12-24)31-17-5-2-16(3-6-17)28-7-9-29(10-8-28)21-14-26-20(13-27-21)22(25)30;/h1,4,11,13-14,16-17H,2-3,5-10H2,(H2,25,30);1H. The lowest BCUT2D eigenvalue weighted by Crippen LogP contribution is -2.51. The van der Waals surface area contributed by atoms with Gasteiger partial charge in [0.2, 0.25) is 0 Å². The number of ether oxygens (including phenoxy) is 1. The maximum Gasteiger partial charge on any atom is 0.268 e. The van der Waals surface area contributed by atoms with E-state index in [1.54, 1.807) is 18.3 Å². The molecule has 0 atom stereocenters. The summed E-state index contributed by atoms with van der Waals surface area (Å²) in [5.74, 6) is 0.943. The Morgan fingerprint density at radius 1 is 1.12 bits per heavy atom. The zero-order valence-corrected chi connectivity index (χ0v) is 19.2. The van der Waals surface area contributed by atoms with Crippen LogP contribution in [0.3, 0.4) is 0 Å². The fourth-order valence-corrected chi connectivity index (χ4v) is 4.52. The van der Waals surface area contributed by atoms with Crippen molar-refractivity contribution in [3.63, 3.8) is 0 Å². The molecule has 2 aliphatic rings. The number of carbonyl (C=O) groups is 1. The molecule has 1 saturated heterocycles. The number of halogens is 2. The van der Waals surface area contributed by atoms with Crippen LogP contribution in [0.1, 0.15) is 41.7 Å². The van der Waals surface area contributed by atoms with E-state index >= 15 is 0 Å². The first-order valence-corrected chi connectivity index (χ1v) is 10.9. The number of nitriles is 1. The quantitative estimate of drug-likeness (QED) is 0.705. The molecule has 1 aromatic carbocycles. The molecular weight excluding hydrogens is 451 g/mol. The fraction of sp³-hybridized carbons (Fsp3) is 0.455. The van der Waals surface area contributed by atoms with Gasteiger partial charge in [-0.25, -0.2) is 9.97 Å². The molecule has 170 valence electrons. The van der Waals surface area contributed by atoms with Crippen molar-refractivity contribution in [1.29, 1.82) is 5.26 Å². The molecule has 2 fully saturated rings. The third kappa shape index (κ3) is 5.60. The van der Waals surface area contributed by atoms with Gasteiger partial charge in [0, 0.05) is 38.3 Å². The van der Waals surface area contributed by atoms with Crippen molar-refractivity contribution in [2.24, 2.45) is 5.73 Å². The van der Waals surface area contributed by atoms with Crippen LogP contribution in [0.5, 0.6) is 5.75 Å². The van der Waals surface area contributed by atoms with Crippen LogP contribution in [-0.4, -0.2) is 59.1 Å². The highest BCUT2D eigenvalue weighted by molar-refractivity contribution is 6.31. The molecule has 0 bridgehead atoms. The number of nitrogens with zero attached hydrogens (tertiary/aromatic N) is 5. The second-order valence-electron chi connectivity index (χ2n) is 7.95. The fourth-order valence-electron chi connectivity index (χ4n) is 4.31. The Balaban J connectivity index is 0.00000289. The molecule has 1 aromatic heterocycles. The Kier molecular flexibility index (Phi) is 8.13. The summed E-state index contributed by atoms with van der Waals surface area (Å²) < 4.78 is 6.10. The molecule has 1 amide bonds.